The van der Waals surface area contributed by atoms with Crippen LogP contribution in [0.25, 0.3) is 0 Å². The Morgan fingerprint density at radius 1 is 1.03 bits per heavy atom. The van der Waals surface area contributed by atoms with Gasteiger partial charge in [-0.25, -0.2) is 14.0 Å². The second-order valence-electron chi connectivity index (χ2n) is 7.64. The van der Waals surface area contributed by atoms with Crippen molar-refractivity contribution in [1.82, 2.24) is 10.6 Å². The number of carbonyl (C=O) groups excluding carboxylic acids is 4. The molecule has 0 radical (unpaired) electrons. The SMILES string of the molecule is CC(C)[C@@H](NC(=O)c1ccccc1F)C(=O)OCC(=O)NC(=O)Nc1ccc2c(c1)OCCO2. The standard InChI is InChI=1S/C23H24FN3O7/c1-13(2)20(27-21(29)15-5-3-4-6-16(15)24)22(30)34-12-19(28)26-23(31)25-14-7-8-17-18(11-14)33-10-9-32-17/h3-8,11,13,20H,9-10,12H2,1-2H3,(H,27,29)(H2,25,26,28,31)/t20-/m1/s1. The second kappa shape index (κ2) is 11.1. The molecule has 0 saturated heterocycles. The molecule has 3 rings (SSSR count). The predicted octanol–water partition coefficient (Wildman–Crippen LogP) is 2.24. The van der Waals surface area contributed by atoms with Crippen LogP contribution < -0.4 is 25.4 Å². The third-order valence-electron chi connectivity index (χ3n) is 4.72. The Morgan fingerprint density at radius 2 is 1.74 bits per heavy atom. The van der Waals surface area contributed by atoms with Crippen LogP contribution in [0.1, 0.15) is 24.2 Å². The fourth-order valence-corrected chi connectivity index (χ4v) is 3.03. The molecule has 1 aliphatic heterocycles. The molecule has 0 fully saturated rings. The summed E-state index contributed by atoms with van der Waals surface area (Å²) < 4.78 is 29.6. The first-order valence-corrected chi connectivity index (χ1v) is 10.5. The lowest BCUT2D eigenvalue weighted by Gasteiger charge is -2.21. The number of hydrogen-bond acceptors (Lipinski definition) is 7. The number of hydrogen-bond donors (Lipinski definition) is 3. The molecule has 1 aliphatic rings. The third-order valence-corrected chi connectivity index (χ3v) is 4.72. The topological polar surface area (TPSA) is 132 Å². The normalized spacial score (nSPS) is 12.9. The van der Waals surface area contributed by atoms with Crippen LogP contribution in [0.5, 0.6) is 11.5 Å². The van der Waals surface area contributed by atoms with Gasteiger partial charge >= 0.3 is 12.0 Å². The Kier molecular flexibility index (Phi) is 8.01. The summed E-state index contributed by atoms with van der Waals surface area (Å²) in [5, 5.41) is 6.90. The van der Waals surface area contributed by atoms with E-state index in [1.807, 2.05) is 5.32 Å². The average Bonchev–Trinajstić information content (AvgIpc) is 2.80. The van der Waals surface area contributed by atoms with Crippen molar-refractivity contribution in [1.29, 1.82) is 0 Å². The number of halogens is 1. The van der Waals surface area contributed by atoms with E-state index < -0.39 is 48.2 Å². The zero-order valence-electron chi connectivity index (χ0n) is 18.6. The van der Waals surface area contributed by atoms with E-state index in [2.05, 4.69) is 10.6 Å². The van der Waals surface area contributed by atoms with Crippen LogP contribution in [0.3, 0.4) is 0 Å². The number of esters is 1. The minimum Gasteiger partial charge on any atom is -0.486 e. The second-order valence-corrected chi connectivity index (χ2v) is 7.64. The van der Waals surface area contributed by atoms with Crippen molar-refractivity contribution >= 4 is 29.5 Å². The first-order valence-electron chi connectivity index (χ1n) is 10.5. The molecule has 0 spiro atoms. The molecular weight excluding hydrogens is 449 g/mol. The lowest BCUT2D eigenvalue weighted by Crippen LogP contribution is -2.46. The van der Waals surface area contributed by atoms with Gasteiger partial charge in [-0.05, 0) is 30.2 Å². The van der Waals surface area contributed by atoms with E-state index in [-0.39, 0.29) is 5.56 Å². The number of amides is 4. The van der Waals surface area contributed by atoms with Gasteiger partial charge in [-0.15, -0.1) is 0 Å². The van der Waals surface area contributed by atoms with Crippen molar-refractivity contribution in [2.45, 2.75) is 19.9 Å². The van der Waals surface area contributed by atoms with E-state index in [9.17, 15) is 23.6 Å². The molecule has 0 aliphatic carbocycles. The summed E-state index contributed by atoms with van der Waals surface area (Å²) in [5.74, 6) is -2.72. The van der Waals surface area contributed by atoms with Gasteiger partial charge in [0.15, 0.2) is 18.1 Å². The fourth-order valence-electron chi connectivity index (χ4n) is 3.03. The van der Waals surface area contributed by atoms with E-state index in [1.165, 1.54) is 18.2 Å². The molecule has 0 saturated carbocycles. The average molecular weight is 473 g/mol. The van der Waals surface area contributed by atoms with Crippen molar-refractivity contribution in [3.8, 4) is 11.5 Å². The van der Waals surface area contributed by atoms with E-state index >= 15 is 0 Å². The summed E-state index contributed by atoms with van der Waals surface area (Å²) in [6.45, 7) is 3.34. The van der Waals surface area contributed by atoms with Crippen LogP contribution in [0.15, 0.2) is 42.5 Å². The van der Waals surface area contributed by atoms with E-state index in [1.54, 1.807) is 32.0 Å². The first-order chi connectivity index (χ1) is 16.2. The zero-order valence-corrected chi connectivity index (χ0v) is 18.6. The first kappa shape index (κ1) is 24.5. The number of nitrogens with one attached hydrogen (secondary N) is 3. The molecule has 1 heterocycles. The highest BCUT2D eigenvalue weighted by molar-refractivity contribution is 6.02. The van der Waals surface area contributed by atoms with Gasteiger partial charge in [0.05, 0.1) is 5.56 Å². The van der Waals surface area contributed by atoms with Crippen molar-refractivity contribution in [3.05, 3.63) is 53.8 Å². The van der Waals surface area contributed by atoms with E-state index in [0.29, 0.717) is 30.4 Å². The van der Waals surface area contributed by atoms with Crippen LogP contribution in [-0.2, 0) is 14.3 Å². The van der Waals surface area contributed by atoms with Gasteiger partial charge < -0.3 is 24.8 Å². The van der Waals surface area contributed by atoms with Gasteiger partial charge in [0.1, 0.15) is 25.1 Å². The summed E-state index contributed by atoms with van der Waals surface area (Å²) in [6, 6.07) is 8.09. The van der Waals surface area contributed by atoms with Crippen LogP contribution in [-0.4, -0.2) is 49.7 Å². The summed E-state index contributed by atoms with van der Waals surface area (Å²) in [6.07, 6.45) is 0. The van der Waals surface area contributed by atoms with E-state index in [4.69, 9.17) is 14.2 Å². The highest BCUT2D eigenvalue weighted by atomic mass is 19.1. The van der Waals surface area contributed by atoms with Crippen LogP contribution in [0.4, 0.5) is 14.9 Å². The summed E-state index contributed by atoms with van der Waals surface area (Å²) in [4.78, 5) is 48.8. The van der Waals surface area contributed by atoms with Crippen LogP contribution >= 0.6 is 0 Å². The minimum absolute atomic E-state index is 0.227. The molecule has 10 nitrogen and oxygen atoms in total. The van der Waals surface area contributed by atoms with Gasteiger partial charge in [-0.1, -0.05) is 26.0 Å². The number of urea groups is 1. The van der Waals surface area contributed by atoms with Gasteiger partial charge in [-0.3, -0.25) is 14.9 Å². The highest BCUT2D eigenvalue weighted by Gasteiger charge is 2.27. The van der Waals surface area contributed by atoms with Gasteiger partial charge in [-0.2, -0.15) is 0 Å². The maximum absolute atomic E-state index is 13.8. The number of benzene rings is 2. The number of carbonyl (C=O) groups is 4. The summed E-state index contributed by atoms with van der Waals surface area (Å²) in [7, 11) is 0. The lowest BCUT2D eigenvalue weighted by molar-refractivity contribution is -0.151. The molecule has 2 aromatic carbocycles. The monoisotopic (exact) mass is 473 g/mol. The molecule has 180 valence electrons. The van der Waals surface area contributed by atoms with Crippen molar-refractivity contribution in [2.24, 2.45) is 5.92 Å². The molecule has 34 heavy (non-hydrogen) atoms. The number of imide groups is 1. The summed E-state index contributed by atoms with van der Waals surface area (Å²) in [5.41, 5.74) is 0.136. The predicted molar refractivity (Wildman–Crippen MR) is 118 cm³/mol. The quantitative estimate of drug-likeness (QED) is 0.526. The maximum Gasteiger partial charge on any atom is 0.329 e. The maximum atomic E-state index is 13.8. The molecule has 1 atom stereocenters. The van der Waals surface area contributed by atoms with Gasteiger partial charge in [0.25, 0.3) is 11.8 Å². The molecule has 0 unspecified atom stereocenters. The molecule has 3 N–H and O–H groups in total. The summed E-state index contributed by atoms with van der Waals surface area (Å²) >= 11 is 0. The Labute approximate surface area is 194 Å². The van der Waals surface area contributed by atoms with Gasteiger partial charge in [0, 0.05) is 11.8 Å². The number of fused-ring (bicyclic) bond motifs is 1. The fraction of sp³-hybridized carbons (Fsp3) is 0.304. The Morgan fingerprint density at radius 3 is 2.44 bits per heavy atom. The molecule has 4 amide bonds. The number of ether oxygens (including phenoxy) is 3. The molecule has 2 aromatic rings. The molecular formula is C23H24FN3O7. The molecule has 0 aromatic heterocycles. The lowest BCUT2D eigenvalue weighted by atomic mass is 10.0. The Hall–Kier alpha value is -4.15. The zero-order chi connectivity index (χ0) is 24.7. The smallest absolute Gasteiger partial charge is 0.329 e. The largest absolute Gasteiger partial charge is 0.486 e. The number of rotatable bonds is 7. The molecule has 0 bridgehead atoms. The Balaban J connectivity index is 1.49. The Bertz CT molecular complexity index is 1090. The van der Waals surface area contributed by atoms with Gasteiger partial charge in [0.2, 0.25) is 0 Å². The van der Waals surface area contributed by atoms with Crippen molar-refractivity contribution in [2.75, 3.05) is 25.1 Å². The van der Waals surface area contributed by atoms with Crippen LogP contribution in [0.2, 0.25) is 0 Å². The highest BCUT2D eigenvalue weighted by Crippen LogP contribution is 2.32. The van der Waals surface area contributed by atoms with Crippen molar-refractivity contribution in [3.63, 3.8) is 0 Å². The molecule has 11 heteroatoms. The van der Waals surface area contributed by atoms with Crippen molar-refractivity contribution < 1.29 is 37.8 Å². The van der Waals surface area contributed by atoms with Crippen LogP contribution in [0, 0.1) is 11.7 Å². The number of anilines is 1. The van der Waals surface area contributed by atoms with E-state index in [0.717, 1.165) is 6.07 Å². The minimum atomic E-state index is -1.13. The third kappa shape index (κ3) is 6.44.